The van der Waals surface area contributed by atoms with E-state index in [2.05, 4.69) is 20.3 Å². The summed E-state index contributed by atoms with van der Waals surface area (Å²) in [5, 5.41) is 11.3. The number of amides is 1. The summed E-state index contributed by atoms with van der Waals surface area (Å²) in [7, 11) is 0. The van der Waals surface area contributed by atoms with E-state index in [9.17, 15) is 4.79 Å². The number of hydrogen-bond acceptors (Lipinski definition) is 4. The van der Waals surface area contributed by atoms with Crippen LogP contribution in [0.25, 0.3) is 11.3 Å². The van der Waals surface area contributed by atoms with Gasteiger partial charge in [0.25, 0.3) is 0 Å². The highest BCUT2D eigenvalue weighted by Gasteiger charge is 2.35. The summed E-state index contributed by atoms with van der Waals surface area (Å²) in [6.07, 6.45) is 9.41. The van der Waals surface area contributed by atoms with Crippen LogP contribution in [0.3, 0.4) is 0 Å². The van der Waals surface area contributed by atoms with Gasteiger partial charge in [0.15, 0.2) is 5.76 Å². The normalized spacial score (nSPS) is 22.2. The second kappa shape index (κ2) is 6.42. The SMILES string of the molecule is Cc1cc(-c2cn[nH]c2[C@H]2CCCCN2C(=O)C2CCCC2)on1. The van der Waals surface area contributed by atoms with Crippen molar-refractivity contribution < 1.29 is 9.32 Å². The number of aromatic nitrogens is 3. The van der Waals surface area contributed by atoms with E-state index in [-0.39, 0.29) is 12.0 Å². The molecule has 2 aromatic heterocycles. The van der Waals surface area contributed by atoms with Crippen LogP contribution < -0.4 is 0 Å². The maximum atomic E-state index is 13.0. The Labute approximate surface area is 141 Å². The van der Waals surface area contributed by atoms with E-state index in [1.54, 1.807) is 6.20 Å². The molecule has 1 N–H and O–H groups in total. The molecule has 0 unspecified atom stereocenters. The van der Waals surface area contributed by atoms with Crippen LogP contribution in [0.4, 0.5) is 0 Å². The molecule has 0 aromatic carbocycles. The van der Waals surface area contributed by atoms with Crippen molar-refractivity contribution in [2.24, 2.45) is 5.92 Å². The van der Waals surface area contributed by atoms with E-state index in [4.69, 9.17) is 4.52 Å². The number of H-pyrrole nitrogens is 1. The topological polar surface area (TPSA) is 75.0 Å². The van der Waals surface area contributed by atoms with E-state index >= 15 is 0 Å². The molecule has 1 aliphatic carbocycles. The minimum absolute atomic E-state index is 0.0646. The summed E-state index contributed by atoms with van der Waals surface area (Å²) in [6.45, 7) is 2.75. The third-order valence-electron chi connectivity index (χ3n) is 5.39. The highest BCUT2D eigenvalue weighted by atomic mass is 16.5. The van der Waals surface area contributed by atoms with Crippen LogP contribution in [0.1, 0.15) is 62.4 Å². The lowest BCUT2D eigenvalue weighted by molar-refractivity contribution is -0.139. The predicted molar refractivity (Wildman–Crippen MR) is 89.1 cm³/mol. The first kappa shape index (κ1) is 15.4. The van der Waals surface area contributed by atoms with Gasteiger partial charge in [-0.2, -0.15) is 5.10 Å². The lowest BCUT2D eigenvalue weighted by Crippen LogP contribution is -2.41. The predicted octanol–water partition coefficient (Wildman–Crippen LogP) is 3.62. The number of nitrogens with one attached hydrogen (secondary N) is 1. The first-order chi connectivity index (χ1) is 11.7. The van der Waals surface area contributed by atoms with Crippen LogP contribution in [-0.4, -0.2) is 32.7 Å². The summed E-state index contributed by atoms with van der Waals surface area (Å²) in [5.74, 6) is 1.26. The zero-order chi connectivity index (χ0) is 16.5. The number of piperidine rings is 1. The molecular weight excluding hydrogens is 304 g/mol. The van der Waals surface area contributed by atoms with Crippen molar-refractivity contribution in [3.63, 3.8) is 0 Å². The number of nitrogens with zero attached hydrogens (tertiary/aromatic N) is 3. The smallest absolute Gasteiger partial charge is 0.226 e. The van der Waals surface area contributed by atoms with Gasteiger partial charge in [-0.25, -0.2) is 0 Å². The Hall–Kier alpha value is -2.11. The van der Waals surface area contributed by atoms with Crippen molar-refractivity contribution in [3.8, 4) is 11.3 Å². The largest absolute Gasteiger partial charge is 0.356 e. The number of likely N-dealkylation sites (tertiary alicyclic amines) is 1. The average Bonchev–Trinajstić information content (AvgIpc) is 3.35. The zero-order valence-corrected chi connectivity index (χ0v) is 14.1. The molecule has 6 nitrogen and oxygen atoms in total. The molecule has 6 heteroatoms. The quantitative estimate of drug-likeness (QED) is 0.934. The average molecular weight is 328 g/mol. The van der Waals surface area contributed by atoms with Crippen molar-refractivity contribution in [3.05, 3.63) is 23.7 Å². The van der Waals surface area contributed by atoms with Gasteiger partial charge in [0.05, 0.1) is 29.2 Å². The van der Waals surface area contributed by atoms with Gasteiger partial charge in [0, 0.05) is 18.5 Å². The third kappa shape index (κ3) is 2.74. The van der Waals surface area contributed by atoms with Gasteiger partial charge in [0.1, 0.15) is 0 Å². The molecule has 4 rings (SSSR count). The Morgan fingerprint density at radius 1 is 1.25 bits per heavy atom. The molecule has 1 aliphatic heterocycles. The molecule has 0 spiro atoms. The first-order valence-electron chi connectivity index (χ1n) is 9.01. The molecular formula is C18H24N4O2. The van der Waals surface area contributed by atoms with Crippen molar-refractivity contribution in [1.82, 2.24) is 20.3 Å². The van der Waals surface area contributed by atoms with Gasteiger partial charge < -0.3 is 9.42 Å². The van der Waals surface area contributed by atoms with Crippen molar-refractivity contribution in [2.75, 3.05) is 6.54 Å². The standard InChI is InChI=1S/C18H24N4O2/c1-12-10-16(24-21-12)14-11-19-20-17(14)15-8-4-5-9-22(15)18(23)13-6-2-3-7-13/h10-11,13,15H,2-9H2,1H3,(H,19,20)/t15-/m1/s1. The minimum atomic E-state index is 0.0646. The van der Waals surface area contributed by atoms with Crippen LogP contribution in [0, 0.1) is 12.8 Å². The molecule has 1 saturated heterocycles. The summed E-state index contributed by atoms with van der Waals surface area (Å²) >= 11 is 0. The Morgan fingerprint density at radius 3 is 2.79 bits per heavy atom. The Balaban J connectivity index is 1.64. The molecule has 3 heterocycles. The van der Waals surface area contributed by atoms with E-state index in [1.165, 1.54) is 12.8 Å². The molecule has 2 fully saturated rings. The molecule has 2 aromatic rings. The van der Waals surface area contributed by atoms with Crippen LogP contribution in [0.2, 0.25) is 0 Å². The van der Waals surface area contributed by atoms with Crippen LogP contribution in [-0.2, 0) is 4.79 Å². The molecule has 1 amide bonds. The molecule has 0 radical (unpaired) electrons. The van der Waals surface area contributed by atoms with Gasteiger partial charge in [-0.05, 0) is 39.0 Å². The maximum absolute atomic E-state index is 13.0. The summed E-state index contributed by atoms with van der Waals surface area (Å²) in [6, 6.07) is 1.98. The number of aromatic amines is 1. The van der Waals surface area contributed by atoms with Gasteiger partial charge in [-0.15, -0.1) is 0 Å². The fraction of sp³-hybridized carbons (Fsp3) is 0.611. The second-order valence-electron chi connectivity index (χ2n) is 7.05. The molecule has 0 bridgehead atoms. The molecule has 2 aliphatic rings. The van der Waals surface area contributed by atoms with Crippen LogP contribution in [0.5, 0.6) is 0 Å². The monoisotopic (exact) mass is 328 g/mol. The van der Waals surface area contributed by atoms with Gasteiger partial charge >= 0.3 is 0 Å². The van der Waals surface area contributed by atoms with Crippen molar-refractivity contribution >= 4 is 5.91 Å². The Kier molecular flexibility index (Phi) is 4.12. The van der Waals surface area contributed by atoms with E-state index in [1.807, 2.05) is 13.0 Å². The molecule has 128 valence electrons. The van der Waals surface area contributed by atoms with E-state index in [0.717, 1.165) is 61.4 Å². The fourth-order valence-corrected chi connectivity index (χ4v) is 4.14. The summed E-state index contributed by atoms with van der Waals surface area (Å²) < 4.78 is 5.42. The number of rotatable bonds is 3. The second-order valence-corrected chi connectivity index (χ2v) is 7.05. The van der Waals surface area contributed by atoms with Gasteiger partial charge in [0.2, 0.25) is 5.91 Å². The molecule has 1 saturated carbocycles. The number of carbonyl (C=O) groups excluding carboxylic acids is 1. The Bertz CT molecular complexity index is 714. The zero-order valence-electron chi connectivity index (χ0n) is 14.1. The lowest BCUT2D eigenvalue weighted by Gasteiger charge is -2.37. The maximum Gasteiger partial charge on any atom is 0.226 e. The molecule has 1 atom stereocenters. The molecule has 24 heavy (non-hydrogen) atoms. The highest BCUT2D eigenvalue weighted by Crippen LogP contribution is 2.38. The summed E-state index contributed by atoms with van der Waals surface area (Å²) in [5.41, 5.74) is 2.75. The van der Waals surface area contributed by atoms with Crippen LogP contribution in [0.15, 0.2) is 16.8 Å². The van der Waals surface area contributed by atoms with E-state index in [0.29, 0.717) is 5.91 Å². The Morgan fingerprint density at radius 2 is 2.04 bits per heavy atom. The van der Waals surface area contributed by atoms with Gasteiger partial charge in [-0.3, -0.25) is 9.89 Å². The fourth-order valence-electron chi connectivity index (χ4n) is 4.14. The number of hydrogen-bond donors (Lipinski definition) is 1. The minimum Gasteiger partial charge on any atom is -0.356 e. The van der Waals surface area contributed by atoms with Crippen LogP contribution >= 0.6 is 0 Å². The number of aryl methyl sites for hydroxylation is 1. The highest BCUT2D eigenvalue weighted by molar-refractivity contribution is 5.80. The number of carbonyl (C=O) groups is 1. The lowest BCUT2D eigenvalue weighted by atomic mass is 9.94. The van der Waals surface area contributed by atoms with E-state index < -0.39 is 0 Å². The van der Waals surface area contributed by atoms with Crippen molar-refractivity contribution in [1.29, 1.82) is 0 Å². The van der Waals surface area contributed by atoms with Crippen molar-refractivity contribution in [2.45, 2.75) is 57.9 Å². The third-order valence-corrected chi connectivity index (χ3v) is 5.39. The summed E-state index contributed by atoms with van der Waals surface area (Å²) in [4.78, 5) is 15.1. The first-order valence-corrected chi connectivity index (χ1v) is 9.01. The van der Waals surface area contributed by atoms with Gasteiger partial charge in [-0.1, -0.05) is 18.0 Å².